The lowest BCUT2D eigenvalue weighted by atomic mass is 10.00. The molecular weight excluding hydrogens is 277 g/mol. The van der Waals surface area contributed by atoms with Crippen LogP contribution in [0.5, 0.6) is 0 Å². The summed E-state index contributed by atoms with van der Waals surface area (Å²) in [5.41, 5.74) is 0.783. The van der Waals surface area contributed by atoms with Crippen LogP contribution in [0, 0.1) is 0 Å². The lowest BCUT2D eigenvalue weighted by Gasteiger charge is -2.29. The zero-order valence-electron chi connectivity index (χ0n) is 11.5. The number of hydrogen-bond donors (Lipinski definition) is 2. The molecule has 0 aliphatic rings. The van der Waals surface area contributed by atoms with E-state index in [2.05, 4.69) is 4.98 Å². The molecule has 0 saturated carbocycles. The largest absolute Gasteiger partial charge is 0.440 e. The quantitative estimate of drug-likeness (QED) is 0.824. The van der Waals surface area contributed by atoms with Crippen LogP contribution in [0.15, 0.2) is 40.9 Å². The predicted molar refractivity (Wildman–Crippen MR) is 76.2 cm³/mol. The molecule has 2 rings (SSSR count). The first-order valence-corrected chi connectivity index (χ1v) is 8.13. The molecule has 0 radical (unpaired) electrons. The maximum Gasteiger partial charge on any atom is 0.339 e. The van der Waals surface area contributed by atoms with Crippen LogP contribution in [-0.2, 0) is 9.72 Å². The monoisotopic (exact) mass is 295 g/mol. The minimum atomic E-state index is -4.34. The van der Waals surface area contributed by atoms with Crippen molar-refractivity contribution in [2.75, 3.05) is 0 Å². The topological polar surface area (TPSA) is 83.6 Å². The van der Waals surface area contributed by atoms with Crippen molar-refractivity contribution in [3.63, 3.8) is 0 Å². The van der Waals surface area contributed by atoms with Crippen molar-refractivity contribution >= 4 is 7.60 Å². The first-order chi connectivity index (χ1) is 9.44. The highest BCUT2D eigenvalue weighted by molar-refractivity contribution is 7.53. The Balaban J connectivity index is 2.48. The molecule has 6 heteroatoms. The van der Waals surface area contributed by atoms with Gasteiger partial charge in [0.2, 0.25) is 5.89 Å². The summed E-state index contributed by atoms with van der Waals surface area (Å²) < 4.78 is 17.5. The van der Waals surface area contributed by atoms with Crippen molar-refractivity contribution in [2.24, 2.45) is 0 Å². The molecule has 0 amide bonds. The Kier molecular flexibility index (Phi) is 4.14. The summed E-state index contributed by atoms with van der Waals surface area (Å²) in [6, 6.07) is 9.27. The molecule has 1 aromatic carbocycles. The lowest BCUT2D eigenvalue weighted by Crippen LogP contribution is -2.23. The Morgan fingerprint density at radius 1 is 1.20 bits per heavy atom. The van der Waals surface area contributed by atoms with Crippen molar-refractivity contribution in [3.05, 3.63) is 42.3 Å². The maximum absolute atomic E-state index is 11.9. The second-order valence-electron chi connectivity index (χ2n) is 4.68. The molecule has 0 saturated heterocycles. The summed E-state index contributed by atoms with van der Waals surface area (Å²) in [4.78, 5) is 23.5. The normalized spacial score (nSPS) is 12.6. The third-order valence-corrected chi connectivity index (χ3v) is 5.68. The average Bonchev–Trinajstić information content (AvgIpc) is 2.90. The molecule has 2 aromatic rings. The van der Waals surface area contributed by atoms with Crippen molar-refractivity contribution < 1.29 is 18.8 Å². The van der Waals surface area contributed by atoms with E-state index in [9.17, 15) is 14.4 Å². The van der Waals surface area contributed by atoms with Crippen LogP contribution < -0.4 is 0 Å². The van der Waals surface area contributed by atoms with Gasteiger partial charge in [-0.25, -0.2) is 4.98 Å². The van der Waals surface area contributed by atoms with Crippen molar-refractivity contribution in [3.8, 4) is 11.5 Å². The van der Waals surface area contributed by atoms with Gasteiger partial charge in [-0.2, -0.15) is 0 Å². The summed E-state index contributed by atoms with van der Waals surface area (Å²) >= 11 is 0. The van der Waals surface area contributed by atoms with Crippen LogP contribution in [0.2, 0.25) is 0 Å². The molecule has 0 bridgehead atoms. The fraction of sp³-hybridized carbons (Fsp3) is 0.357. The Morgan fingerprint density at radius 3 is 2.30 bits per heavy atom. The van der Waals surface area contributed by atoms with Gasteiger partial charge in [-0.05, 0) is 25.0 Å². The highest BCUT2D eigenvalue weighted by Gasteiger charge is 2.48. The van der Waals surface area contributed by atoms with E-state index in [1.807, 2.05) is 30.3 Å². The molecule has 0 aliphatic heterocycles. The fourth-order valence-corrected chi connectivity index (χ4v) is 3.57. The van der Waals surface area contributed by atoms with Crippen LogP contribution >= 0.6 is 7.60 Å². The lowest BCUT2D eigenvalue weighted by molar-refractivity contribution is 0.292. The van der Waals surface area contributed by atoms with Crippen LogP contribution in [0.3, 0.4) is 0 Å². The number of nitrogens with zero attached hydrogens (tertiary/aromatic N) is 1. The molecule has 0 spiro atoms. The molecule has 0 fully saturated rings. The van der Waals surface area contributed by atoms with Crippen molar-refractivity contribution in [2.45, 2.75) is 31.8 Å². The third-order valence-electron chi connectivity index (χ3n) is 3.71. The number of oxazole rings is 1. The molecule has 0 atom stereocenters. The van der Waals surface area contributed by atoms with E-state index >= 15 is 0 Å². The first kappa shape index (κ1) is 15.0. The zero-order valence-corrected chi connectivity index (χ0v) is 12.4. The van der Waals surface area contributed by atoms with Gasteiger partial charge in [-0.1, -0.05) is 32.0 Å². The zero-order chi connectivity index (χ0) is 14.8. The Labute approximate surface area is 117 Å². The van der Waals surface area contributed by atoms with Gasteiger partial charge >= 0.3 is 7.60 Å². The highest BCUT2D eigenvalue weighted by atomic mass is 31.2. The van der Waals surface area contributed by atoms with Gasteiger partial charge in [0.25, 0.3) is 0 Å². The summed E-state index contributed by atoms with van der Waals surface area (Å²) in [5.74, 6) is 0.620. The van der Waals surface area contributed by atoms with Crippen LogP contribution in [0.4, 0.5) is 0 Å². The minimum Gasteiger partial charge on any atom is -0.440 e. The Morgan fingerprint density at radius 2 is 1.80 bits per heavy atom. The van der Waals surface area contributed by atoms with Gasteiger partial charge in [-0.15, -0.1) is 0 Å². The fourth-order valence-electron chi connectivity index (χ4n) is 2.36. The van der Waals surface area contributed by atoms with Gasteiger partial charge in [0.15, 0.2) is 0 Å². The third kappa shape index (κ3) is 2.44. The van der Waals surface area contributed by atoms with Crippen molar-refractivity contribution in [1.29, 1.82) is 0 Å². The summed E-state index contributed by atoms with van der Waals surface area (Å²) in [6.45, 7) is 3.49. The molecular formula is C14H18NO4P. The minimum absolute atomic E-state index is 0.245. The highest BCUT2D eigenvalue weighted by Crippen LogP contribution is 2.61. The summed E-state index contributed by atoms with van der Waals surface area (Å²) in [5, 5.41) is -1.30. The van der Waals surface area contributed by atoms with Gasteiger partial charge in [-0.3, -0.25) is 4.57 Å². The molecule has 5 nitrogen and oxygen atoms in total. The maximum atomic E-state index is 11.9. The SMILES string of the molecule is CCC(CC)(c1cnc(-c2ccccc2)o1)P(=O)(O)O. The van der Waals surface area contributed by atoms with Gasteiger partial charge < -0.3 is 14.2 Å². The molecule has 108 valence electrons. The summed E-state index contributed by atoms with van der Waals surface area (Å²) in [6.07, 6.45) is 2.00. The average molecular weight is 295 g/mol. The van der Waals surface area contributed by atoms with E-state index in [0.29, 0.717) is 5.89 Å². The number of aromatic nitrogens is 1. The molecule has 20 heavy (non-hydrogen) atoms. The molecule has 0 aliphatic carbocycles. The second kappa shape index (κ2) is 5.52. The van der Waals surface area contributed by atoms with Gasteiger partial charge in [0, 0.05) is 5.56 Å². The van der Waals surface area contributed by atoms with Crippen LogP contribution in [0.25, 0.3) is 11.5 Å². The van der Waals surface area contributed by atoms with E-state index in [0.717, 1.165) is 5.56 Å². The van der Waals surface area contributed by atoms with E-state index in [4.69, 9.17) is 4.42 Å². The standard InChI is InChI=1S/C14H18NO4P/c1-3-14(4-2,20(16,17)18)12-10-15-13(19-12)11-8-6-5-7-9-11/h5-10H,3-4H2,1-2H3,(H2,16,17,18). The molecule has 1 heterocycles. The van der Waals surface area contributed by atoms with E-state index in [1.165, 1.54) is 6.20 Å². The number of rotatable bonds is 5. The van der Waals surface area contributed by atoms with E-state index in [-0.39, 0.29) is 18.6 Å². The number of benzene rings is 1. The first-order valence-electron chi connectivity index (χ1n) is 6.52. The van der Waals surface area contributed by atoms with E-state index < -0.39 is 12.8 Å². The van der Waals surface area contributed by atoms with Crippen LogP contribution in [-0.4, -0.2) is 14.8 Å². The number of hydrogen-bond acceptors (Lipinski definition) is 3. The Bertz CT molecular complexity index is 613. The smallest absolute Gasteiger partial charge is 0.339 e. The second-order valence-corrected chi connectivity index (χ2v) is 6.62. The summed E-state index contributed by atoms with van der Waals surface area (Å²) in [7, 11) is -4.34. The van der Waals surface area contributed by atoms with Crippen molar-refractivity contribution in [1.82, 2.24) is 4.98 Å². The Hall–Kier alpha value is -1.42. The molecule has 1 aromatic heterocycles. The van der Waals surface area contributed by atoms with Gasteiger partial charge in [0.1, 0.15) is 10.9 Å². The molecule has 0 unspecified atom stereocenters. The van der Waals surface area contributed by atoms with Gasteiger partial charge in [0.05, 0.1) is 6.20 Å². The molecule has 2 N–H and O–H groups in total. The van der Waals surface area contributed by atoms with E-state index in [1.54, 1.807) is 13.8 Å². The predicted octanol–water partition coefficient (Wildman–Crippen LogP) is 3.53. The van der Waals surface area contributed by atoms with Crippen LogP contribution in [0.1, 0.15) is 32.4 Å².